The van der Waals surface area contributed by atoms with Crippen LogP contribution in [-0.2, 0) is 16.6 Å². The van der Waals surface area contributed by atoms with Gasteiger partial charge in [-0.1, -0.05) is 48.5 Å². The number of ether oxygens (including phenoxy) is 2. The molecule has 0 saturated heterocycles. The zero-order valence-corrected chi connectivity index (χ0v) is 15.6. The Bertz CT molecular complexity index is 892. The molecule has 1 amide bonds. The zero-order valence-electron chi connectivity index (χ0n) is 15.6. The van der Waals surface area contributed by atoms with E-state index in [0.717, 1.165) is 11.1 Å². The molecule has 140 valence electrons. The lowest BCUT2D eigenvalue weighted by atomic mass is 10.0. The molecule has 0 bridgehead atoms. The summed E-state index contributed by atoms with van der Waals surface area (Å²) in [5.74, 6) is 1.14. The van der Waals surface area contributed by atoms with E-state index in [1.807, 2.05) is 72.4 Å². The first-order valence-electron chi connectivity index (χ1n) is 8.64. The van der Waals surface area contributed by atoms with Gasteiger partial charge in [-0.05, 0) is 11.6 Å². The lowest BCUT2D eigenvalue weighted by Gasteiger charge is -2.24. The van der Waals surface area contributed by atoms with Crippen LogP contribution in [0.2, 0.25) is 0 Å². The lowest BCUT2D eigenvalue weighted by molar-refractivity contribution is -0.132. The molecule has 0 spiro atoms. The summed E-state index contributed by atoms with van der Waals surface area (Å²) in [7, 11) is 5.02. The molecule has 1 aromatic heterocycles. The summed E-state index contributed by atoms with van der Waals surface area (Å²) < 4.78 is 12.8. The molecule has 27 heavy (non-hydrogen) atoms. The summed E-state index contributed by atoms with van der Waals surface area (Å²) in [6, 6.07) is 16.5. The van der Waals surface area contributed by atoms with Crippen molar-refractivity contribution in [2.24, 2.45) is 7.05 Å². The molecular weight excluding hydrogens is 342 g/mol. The van der Waals surface area contributed by atoms with Crippen LogP contribution in [0.1, 0.15) is 29.1 Å². The van der Waals surface area contributed by atoms with Gasteiger partial charge in [-0.3, -0.25) is 4.79 Å². The molecule has 0 unspecified atom stereocenters. The van der Waals surface area contributed by atoms with Gasteiger partial charge in [0.25, 0.3) is 5.91 Å². The van der Waals surface area contributed by atoms with E-state index in [1.165, 1.54) is 7.11 Å². The third-order valence-electron chi connectivity index (χ3n) is 4.43. The van der Waals surface area contributed by atoms with E-state index < -0.39 is 12.1 Å². The third-order valence-corrected chi connectivity index (χ3v) is 4.43. The first-order valence-corrected chi connectivity index (χ1v) is 8.64. The quantitative estimate of drug-likeness (QED) is 0.699. The molecule has 0 aliphatic carbocycles. The van der Waals surface area contributed by atoms with Crippen molar-refractivity contribution >= 4 is 5.91 Å². The number of methoxy groups -OCH3 is 2. The van der Waals surface area contributed by atoms with E-state index >= 15 is 0 Å². The largest absolute Gasteiger partial charge is 0.496 e. The predicted molar refractivity (Wildman–Crippen MR) is 102 cm³/mol. The minimum absolute atomic E-state index is 0.248. The maximum Gasteiger partial charge on any atom is 0.254 e. The van der Waals surface area contributed by atoms with Gasteiger partial charge in [-0.2, -0.15) is 0 Å². The summed E-state index contributed by atoms with van der Waals surface area (Å²) in [4.78, 5) is 17.5. The Labute approximate surface area is 158 Å². The number of imidazole rings is 1. The second kappa shape index (κ2) is 8.51. The van der Waals surface area contributed by atoms with Gasteiger partial charge in [-0.25, -0.2) is 4.98 Å². The molecule has 0 aliphatic heterocycles. The number of nitrogens with one attached hydrogen (secondary N) is 1. The number of amides is 1. The fraction of sp³-hybridized carbons (Fsp3) is 0.238. The van der Waals surface area contributed by atoms with Gasteiger partial charge in [0.15, 0.2) is 6.10 Å². The molecular formula is C21H23N3O3. The molecule has 0 radical (unpaired) electrons. The van der Waals surface area contributed by atoms with Crippen molar-refractivity contribution in [2.75, 3.05) is 14.2 Å². The Kier molecular flexibility index (Phi) is 5.88. The van der Waals surface area contributed by atoms with E-state index in [0.29, 0.717) is 11.6 Å². The van der Waals surface area contributed by atoms with Crippen molar-refractivity contribution in [3.8, 4) is 5.75 Å². The number of aromatic nitrogens is 2. The van der Waals surface area contributed by atoms with Gasteiger partial charge in [-0.15, -0.1) is 0 Å². The fourth-order valence-electron chi connectivity index (χ4n) is 3.08. The minimum Gasteiger partial charge on any atom is -0.496 e. The number of rotatable bonds is 7. The van der Waals surface area contributed by atoms with Crippen molar-refractivity contribution in [3.63, 3.8) is 0 Å². The lowest BCUT2D eigenvalue weighted by Crippen LogP contribution is -2.35. The monoisotopic (exact) mass is 365 g/mol. The van der Waals surface area contributed by atoms with E-state index in [1.54, 1.807) is 13.3 Å². The van der Waals surface area contributed by atoms with Crippen LogP contribution in [0, 0.1) is 0 Å². The smallest absolute Gasteiger partial charge is 0.254 e. The van der Waals surface area contributed by atoms with Gasteiger partial charge in [0.2, 0.25) is 0 Å². The Morgan fingerprint density at radius 2 is 1.78 bits per heavy atom. The number of carbonyl (C=O) groups is 1. The van der Waals surface area contributed by atoms with E-state index in [9.17, 15) is 4.79 Å². The number of nitrogens with zero attached hydrogens (tertiary/aromatic N) is 2. The van der Waals surface area contributed by atoms with Crippen molar-refractivity contribution in [1.82, 2.24) is 14.9 Å². The summed E-state index contributed by atoms with van der Waals surface area (Å²) in [5, 5.41) is 3.07. The second-order valence-corrected chi connectivity index (χ2v) is 6.11. The van der Waals surface area contributed by atoms with Crippen LogP contribution in [0.5, 0.6) is 5.75 Å². The van der Waals surface area contributed by atoms with E-state index in [2.05, 4.69) is 10.3 Å². The van der Waals surface area contributed by atoms with Gasteiger partial charge in [0.1, 0.15) is 17.6 Å². The average Bonchev–Trinajstić information content (AvgIpc) is 3.13. The predicted octanol–water partition coefficient (Wildman–Crippen LogP) is 3.02. The van der Waals surface area contributed by atoms with Gasteiger partial charge in [0.05, 0.1) is 7.11 Å². The van der Waals surface area contributed by atoms with Crippen LogP contribution in [0.15, 0.2) is 67.0 Å². The minimum atomic E-state index is -0.719. The number of hydrogen-bond donors (Lipinski definition) is 1. The number of benzene rings is 2. The third kappa shape index (κ3) is 4.01. The molecule has 3 aromatic rings. The van der Waals surface area contributed by atoms with Crippen molar-refractivity contribution in [1.29, 1.82) is 0 Å². The highest BCUT2D eigenvalue weighted by molar-refractivity contribution is 5.83. The summed E-state index contributed by atoms with van der Waals surface area (Å²) in [5.41, 5.74) is 1.61. The SMILES string of the molecule is COc1ccccc1[C@@H](NC(=O)[C@@H](OC)c1ccccc1)c1nccn1C. The maximum absolute atomic E-state index is 13.1. The molecule has 6 nitrogen and oxygen atoms in total. The first kappa shape index (κ1) is 18.7. The van der Waals surface area contributed by atoms with Crippen LogP contribution in [-0.4, -0.2) is 29.7 Å². The molecule has 0 fully saturated rings. The Hall–Kier alpha value is -3.12. The van der Waals surface area contributed by atoms with E-state index in [4.69, 9.17) is 9.47 Å². The topological polar surface area (TPSA) is 65.4 Å². The van der Waals surface area contributed by atoms with Gasteiger partial charge in [0, 0.05) is 32.1 Å². The highest BCUT2D eigenvalue weighted by Crippen LogP contribution is 2.30. The van der Waals surface area contributed by atoms with Crippen LogP contribution in [0.25, 0.3) is 0 Å². The van der Waals surface area contributed by atoms with Crippen LogP contribution in [0.3, 0.4) is 0 Å². The molecule has 3 rings (SSSR count). The van der Waals surface area contributed by atoms with E-state index in [-0.39, 0.29) is 5.91 Å². The molecule has 2 atom stereocenters. The maximum atomic E-state index is 13.1. The van der Waals surface area contributed by atoms with Crippen LogP contribution < -0.4 is 10.1 Å². The van der Waals surface area contributed by atoms with Crippen LogP contribution >= 0.6 is 0 Å². The second-order valence-electron chi connectivity index (χ2n) is 6.11. The zero-order chi connectivity index (χ0) is 19.2. The molecule has 2 aromatic carbocycles. The molecule has 0 aliphatic rings. The molecule has 6 heteroatoms. The molecule has 1 heterocycles. The fourth-order valence-corrected chi connectivity index (χ4v) is 3.08. The number of aryl methyl sites for hydroxylation is 1. The summed E-state index contributed by atoms with van der Waals surface area (Å²) in [6.07, 6.45) is 2.83. The number of carbonyl (C=O) groups excluding carboxylic acids is 1. The Morgan fingerprint density at radius 3 is 2.41 bits per heavy atom. The van der Waals surface area contributed by atoms with Gasteiger partial charge >= 0.3 is 0 Å². The number of hydrogen-bond acceptors (Lipinski definition) is 4. The molecule has 1 N–H and O–H groups in total. The van der Waals surface area contributed by atoms with Crippen LogP contribution in [0.4, 0.5) is 0 Å². The Balaban J connectivity index is 1.97. The Morgan fingerprint density at radius 1 is 1.07 bits per heavy atom. The highest BCUT2D eigenvalue weighted by atomic mass is 16.5. The molecule has 0 saturated carbocycles. The van der Waals surface area contributed by atoms with Crippen molar-refractivity contribution in [2.45, 2.75) is 12.1 Å². The van der Waals surface area contributed by atoms with Crippen molar-refractivity contribution < 1.29 is 14.3 Å². The standard InChI is InChI=1S/C21H23N3O3/c1-24-14-13-22-20(24)18(16-11-7-8-12-17(16)26-2)23-21(25)19(27-3)15-9-5-4-6-10-15/h4-14,18-19H,1-3H3,(H,23,25)/t18-,19+/m1/s1. The number of para-hydroxylation sites is 1. The van der Waals surface area contributed by atoms with Gasteiger partial charge < -0.3 is 19.4 Å². The normalized spacial score (nSPS) is 13.0. The summed E-state index contributed by atoms with van der Waals surface area (Å²) in [6.45, 7) is 0. The average molecular weight is 365 g/mol. The highest BCUT2D eigenvalue weighted by Gasteiger charge is 2.28. The van der Waals surface area contributed by atoms with Crippen molar-refractivity contribution in [3.05, 3.63) is 83.9 Å². The first-order chi connectivity index (χ1) is 13.2. The summed E-state index contributed by atoms with van der Waals surface area (Å²) >= 11 is 0.